The van der Waals surface area contributed by atoms with Gasteiger partial charge in [0.2, 0.25) is 5.91 Å². The summed E-state index contributed by atoms with van der Waals surface area (Å²) in [5.74, 6) is 3.83. The summed E-state index contributed by atoms with van der Waals surface area (Å²) in [5.41, 5.74) is 1.13. The predicted molar refractivity (Wildman–Crippen MR) is 120 cm³/mol. The zero-order valence-corrected chi connectivity index (χ0v) is 18.7. The van der Waals surface area contributed by atoms with E-state index in [1.54, 1.807) is 19.0 Å². The molecule has 0 saturated carbocycles. The number of fused-ring (bicyclic) bond motifs is 1. The van der Waals surface area contributed by atoms with Gasteiger partial charge in [0, 0.05) is 44.5 Å². The molecule has 3 heterocycles. The molecule has 8 heteroatoms. The van der Waals surface area contributed by atoms with Crippen LogP contribution >= 0.6 is 11.8 Å². The monoisotopic (exact) mass is 432 g/mol. The number of carbonyl (C=O) groups is 1. The number of para-hydroxylation sites is 1. The first kappa shape index (κ1) is 21.3. The Hall–Kier alpha value is -1.93. The molecule has 1 aromatic carbocycles. The lowest BCUT2D eigenvalue weighted by Crippen LogP contribution is -2.52. The molecule has 4 rings (SSSR count). The fourth-order valence-electron chi connectivity index (χ4n) is 4.29. The number of hydrogen-bond donors (Lipinski definition) is 2. The highest BCUT2D eigenvalue weighted by Gasteiger charge is 2.40. The van der Waals surface area contributed by atoms with Crippen molar-refractivity contribution in [2.45, 2.75) is 43.4 Å². The lowest BCUT2D eigenvalue weighted by molar-refractivity contribution is -0.127. The Balaban J connectivity index is 1.48. The molecule has 2 N–H and O–H groups in total. The van der Waals surface area contributed by atoms with Crippen molar-refractivity contribution >= 4 is 23.6 Å². The Morgan fingerprint density at radius 2 is 2.13 bits per heavy atom. The van der Waals surface area contributed by atoms with Gasteiger partial charge >= 0.3 is 0 Å². The summed E-state index contributed by atoms with van der Waals surface area (Å²) in [6.07, 6.45) is 3.89. The lowest BCUT2D eigenvalue weighted by atomic mass is 9.90. The van der Waals surface area contributed by atoms with Crippen molar-refractivity contribution in [2.75, 3.05) is 45.4 Å². The van der Waals surface area contributed by atoms with E-state index in [4.69, 9.17) is 9.47 Å². The van der Waals surface area contributed by atoms with Crippen LogP contribution in [0.5, 0.6) is 5.75 Å². The van der Waals surface area contributed by atoms with Gasteiger partial charge in [-0.25, -0.2) is 4.99 Å². The second-order valence-corrected chi connectivity index (χ2v) is 9.60. The quantitative estimate of drug-likeness (QED) is 0.561. The molecule has 0 radical (unpaired) electrons. The van der Waals surface area contributed by atoms with E-state index in [1.165, 1.54) is 5.75 Å². The number of benzene rings is 1. The third-order valence-electron chi connectivity index (χ3n) is 6.04. The number of nitrogens with one attached hydrogen (secondary N) is 2. The van der Waals surface area contributed by atoms with E-state index in [9.17, 15) is 4.79 Å². The van der Waals surface area contributed by atoms with Crippen LogP contribution in [-0.2, 0) is 9.53 Å². The van der Waals surface area contributed by atoms with Gasteiger partial charge in [0.05, 0.1) is 18.2 Å². The second kappa shape index (κ2) is 9.47. The standard InChI is InChI=1S/C22H32N4O3S/c1-26(2)20(27)14-23-21(24-16-7-11-29-22(13-16)9-12-30-15-22)25-18-8-10-28-19-6-4-3-5-17(18)19/h3-6,16,18H,7-15H2,1-2H3,(H2,23,24,25). The molecule has 1 amide bonds. The molecule has 1 spiro atoms. The van der Waals surface area contributed by atoms with Gasteiger partial charge in [-0.2, -0.15) is 11.8 Å². The minimum atomic E-state index is -0.0147. The van der Waals surface area contributed by atoms with Crippen LogP contribution < -0.4 is 15.4 Å². The molecule has 164 valence electrons. The van der Waals surface area contributed by atoms with Crippen LogP contribution in [0.4, 0.5) is 0 Å². The van der Waals surface area contributed by atoms with Crippen molar-refractivity contribution < 1.29 is 14.3 Å². The van der Waals surface area contributed by atoms with Gasteiger partial charge in [-0.1, -0.05) is 18.2 Å². The summed E-state index contributed by atoms with van der Waals surface area (Å²) >= 11 is 1.98. The molecular weight excluding hydrogens is 400 g/mol. The smallest absolute Gasteiger partial charge is 0.243 e. The van der Waals surface area contributed by atoms with Gasteiger partial charge in [-0.15, -0.1) is 0 Å². The van der Waals surface area contributed by atoms with Crippen molar-refractivity contribution in [3.8, 4) is 5.75 Å². The zero-order valence-electron chi connectivity index (χ0n) is 17.9. The van der Waals surface area contributed by atoms with Crippen LogP contribution in [-0.4, -0.2) is 73.8 Å². The maximum atomic E-state index is 12.2. The topological polar surface area (TPSA) is 75.2 Å². The number of thioether (sulfide) groups is 1. The lowest BCUT2D eigenvalue weighted by Gasteiger charge is -2.39. The molecule has 0 bridgehead atoms. The predicted octanol–water partition coefficient (Wildman–Crippen LogP) is 2.19. The summed E-state index contributed by atoms with van der Waals surface area (Å²) in [6.45, 7) is 1.55. The van der Waals surface area contributed by atoms with Crippen LogP contribution in [0.15, 0.2) is 29.3 Å². The maximum absolute atomic E-state index is 12.2. The van der Waals surface area contributed by atoms with Gasteiger partial charge < -0.3 is 25.0 Å². The molecule has 3 aliphatic rings. The summed E-state index contributed by atoms with van der Waals surface area (Å²) < 4.78 is 12.0. The summed E-state index contributed by atoms with van der Waals surface area (Å²) in [7, 11) is 3.51. The molecule has 30 heavy (non-hydrogen) atoms. The van der Waals surface area contributed by atoms with E-state index in [0.29, 0.717) is 12.6 Å². The SMILES string of the molecule is CN(C)C(=O)CN=C(NC1CCOC2(CCSC2)C1)NC1CCOc2ccccc21. The average molecular weight is 433 g/mol. The first-order chi connectivity index (χ1) is 14.5. The molecule has 1 aromatic rings. The molecule has 0 aromatic heterocycles. The summed E-state index contributed by atoms with van der Waals surface area (Å²) in [4.78, 5) is 18.4. The van der Waals surface area contributed by atoms with E-state index in [1.807, 2.05) is 30.0 Å². The van der Waals surface area contributed by atoms with E-state index >= 15 is 0 Å². The maximum Gasteiger partial charge on any atom is 0.243 e. The fourth-order valence-corrected chi connectivity index (χ4v) is 5.66. The number of aliphatic imine (C=N–C) groups is 1. The molecule has 3 unspecified atom stereocenters. The number of likely N-dealkylation sites (N-methyl/N-ethyl adjacent to an activating group) is 1. The number of amides is 1. The summed E-state index contributed by atoms with van der Waals surface area (Å²) in [5, 5.41) is 7.19. The first-order valence-electron chi connectivity index (χ1n) is 10.8. The Morgan fingerprint density at radius 3 is 2.93 bits per heavy atom. The van der Waals surface area contributed by atoms with Gasteiger partial charge in [0.25, 0.3) is 0 Å². The second-order valence-electron chi connectivity index (χ2n) is 8.49. The minimum absolute atomic E-state index is 0.00354. The van der Waals surface area contributed by atoms with Crippen molar-refractivity contribution in [3.63, 3.8) is 0 Å². The van der Waals surface area contributed by atoms with Gasteiger partial charge in [-0.3, -0.25) is 4.79 Å². The molecule has 2 saturated heterocycles. The largest absolute Gasteiger partial charge is 0.493 e. The average Bonchev–Trinajstić information content (AvgIpc) is 3.19. The van der Waals surface area contributed by atoms with E-state index in [0.717, 1.165) is 49.4 Å². The minimum Gasteiger partial charge on any atom is -0.493 e. The van der Waals surface area contributed by atoms with E-state index in [-0.39, 0.29) is 30.1 Å². The van der Waals surface area contributed by atoms with Crippen LogP contribution in [0.25, 0.3) is 0 Å². The van der Waals surface area contributed by atoms with Gasteiger partial charge in [0.15, 0.2) is 5.96 Å². The number of carbonyl (C=O) groups excluding carboxylic acids is 1. The van der Waals surface area contributed by atoms with Gasteiger partial charge in [0.1, 0.15) is 12.3 Å². The highest BCUT2D eigenvalue weighted by Crippen LogP contribution is 2.38. The Morgan fingerprint density at radius 1 is 1.27 bits per heavy atom. The number of guanidine groups is 1. The van der Waals surface area contributed by atoms with E-state index in [2.05, 4.69) is 21.7 Å². The van der Waals surface area contributed by atoms with Crippen molar-refractivity contribution in [1.29, 1.82) is 0 Å². The van der Waals surface area contributed by atoms with Crippen molar-refractivity contribution in [1.82, 2.24) is 15.5 Å². The van der Waals surface area contributed by atoms with Crippen LogP contribution in [0.1, 0.15) is 37.3 Å². The summed E-state index contributed by atoms with van der Waals surface area (Å²) in [6, 6.07) is 8.50. The van der Waals surface area contributed by atoms with Crippen LogP contribution in [0, 0.1) is 0 Å². The molecule has 7 nitrogen and oxygen atoms in total. The van der Waals surface area contributed by atoms with E-state index < -0.39 is 0 Å². The van der Waals surface area contributed by atoms with Gasteiger partial charge in [-0.05, 0) is 31.1 Å². The first-order valence-corrected chi connectivity index (χ1v) is 11.9. The number of ether oxygens (including phenoxy) is 2. The highest BCUT2D eigenvalue weighted by atomic mass is 32.2. The van der Waals surface area contributed by atoms with Crippen molar-refractivity contribution in [2.24, 2.45) is 4.99 Å². The van der Waals surface area contributed by atoms with Crippen molar-refractivity contribution in [3.05, 3.63) is 29.8 Å². The third-order valence-corrected chi connectivity index (χ3v) is 7.26. The Kier molecular flexibility index (Phi) is 6.73. The molecule has 0 aliphatic carbocycles. The number of hydrogen-bond acceptors (Lipinski definition) is 5. The Bertz CT molecular complexity index is 779. The highest BCUT2D eigenvalue weighted by molar-refractivity contribution is 7.99. The number of nitrogens with zero attached hydrogens (tertiary/aromatic N) is 2. The molecule has 3 atom stereocenters. The fraction of sp³-hybridized carbons (Fsp3) is 0.636. The molecular formula is C22H32N4O3S. The zero-order chi connectivity index (χ0) is 21.0. The van der Waals surface area contributed by atoms with Crippen LogP contribution in [0.2, 0.25) is 0 Å². The normalized spacial score (nSPS) is 28.5. The molecule has 2 fully saturated rings. The van der Waals surface area contributed by atoms with Crippen LogP contribution in [0.3, 0.4) is 0 Å². The third kappa shape index (κ3) is 5.03. The Labute approximate surface area is 183 Å². The molecule has 3 aliphatic heterocycles. The number of rotatable bonds is 4.